The summed E-state index contributed by atoms with van der Waals surface area (Å²) in [7, 11) is 0. The maximum atomic E-state index is 12.8. The SMILES string of the molecule is O=C(O)COc1cccc(/C=C2\SC(=S)N(c3ccc(O)c(C(=O)O)c3)C2=O)c1. The summed E-state index contributed by atoms with van der Waals surface area (Å²) in [6.07, 6.45) is 1.57. The van der Waals surface area contributed by atoms with Gasteiger partial charge >= 0.3 is 11.9 Å². The highest BCUT2D eigenvalue weighted by Crippen LogP contribution is 2.37. The number of thiocarbonyl (C=S) groups is 1. The second-order valence-electron chi connectivity index (χ2n) is 5.78. The molecule has 0 bridgehead atoms. The van der Waals surface area contributed by atoms with Crippen molar-refractivity contribution >= 4 is 57.9 Å². The van der Waals surface area contributed by atoms with E-state index in [1.807, 2.05) is 0 Å². The van der Waals surface area contributed by atoms with E-state index in [0.29, 0.717) is 16.2 Å². The molecule has 1 saturated heterocycles. The molecule has 1 fully saturated rings. The Hall–Kier alpha value is -3.37. The fourth-order valence-electron chi connectivity index (χ4n) is 2.52. The third-order valence-electron chi connectivity index (χ3n) is 3.78. The number of amides is 1. The molecule has 3 rings (SSSR count). The number of thioether (sulfide) groups is 1. The molecule has 1 aliphatic rings. The smallest absolute Gasteiger partial charge is 0.341 e. The van der Waals surface area contributed by atoms with E-state index < -0.39 is 30.2 Å². The van der Waals surface area contributed by atoms with Gasteiger partial charge in [0.05, 0.1) is 10.6 Å². The van der Waals surface area contributed by atoms with Gasteiger partial charge in [-0.25, -0.2) is 9.59 Å². The molecule has 3 N–H and O–H groups in total. The number of benzene rings is 2. The first-order valence-corrected chi connectivity index (χ1v) is 9.27. The zero-order valence-corrected chi connectivity index (χ0v) is 16.2. The van der Waals surface area contributed by atoms with Crippen LogP contribution in [0.4, 0.5) is 5.69 Å². The van der Waals surface area contributed by atoms with Crippen LogP contribution in [0.15, 0.2) is 47.4 Å². The number of carboxylic acid groups (broad SMARTS) is 2. The molecule has 0 radical (unpaired) electrons. The molecule has 0 atom stereocenters. The highest BCUT2D eigenvalue weighted by molar-refractivity contribution is 8.27. The molecule has 8 nitrogen and oxygen atoms in total. The average molecular weight is 431 g/mol. The maximum Gasteiger partial charge on any atom is 0.341 e. The Balaban J connectivity index is 1.87. The normalized spacial score (nSPS) is 15.0. The number of aromatic hydroxyl groups is 1. The van der Waals surface area contributed by atoms with Crippen molar-refractivity contribution in [3.8, 4) is 11.5 Å². The Morgan fingerprint density at radius 3 is 2.62 bits per heavy atom. The fraction of sp³-hybridized carbons (Fsp3) is 0.0526. The van der Waals surface area contributed by atoms with Gasteiger partial charge in [0.1, 0.15) is 17.1 Å². The van der Waals surface area contributed by atoms with Gasteiger partial charge in [-0.1, -0.05) is 36.1 Å². The van der Waals surface area contributed by atoms with Gasteiger partial charge in [0, 0.05) is 0 Å². The average Bonchev–Trinajstić information content (AvgIpc) is 2.94. The van der Waals surface area contributed by atoms with Gasteiger partial charge in [-0.2, -0.15) is 0 Å². The predicted molar refractivity (Wildman–Crippen MR) is 110 cm³/mol. The van der Waals surface area contributed by atoms with Crippen molar-refractivity contribution in [1.29, 1.82) is 0 Å². The van der Waals surface area contributed by atoms with Crippen molar-refractivity contribution in [2.45, 2.75) is 0 Å². The van der Waals surface area contributed by atoms with Gasteiger partial charge < -0.3 is 20.1 Å². The number of rotatable bonds is 6. The van der Waals surface area contributed by atoms with E-state index >= 15 is 0 Å². The molecular weight excluding hydrogens is 418 g/mol. The van der Waals surface area contributed by atoms with Crippen LogP contribution in [0.3, 0.4) is 0 Å². The minimum absolute atomic E-state index is 0.210. The Labute approximate surface area is 174 Å². The zero-order valence-electron chi connectivity index (χ0n) is 14.6. The number of hydrogen-bond donors (Lipinski definition) is 3. The number of ether oxygens (including phenoxy) is 1. The molecule has 1 heterocycles. The summed E-state index contributed by atoms with van der Waals surface area (Å²) in [6, 6.07) is 10.3. The second kappa shape index (κ2) is 8.33. The van der Waals surface area contributed by atoms with E-state index in [2.05, 4.69) is 0 Å². The Morgan fingerprint density at radius 1 is 1.17 bits per heavy atom. The largest absolute Gasteiger partial charge is 0.507 e. The third-order valence-corrected chi connectivity index (χ3v) is 5.08. The number of hydrogen-bond acceptors (Lipinski definition) is 7. The maximum absolute atomic E-state index is 12.8. The van der Waals surface area contributed by atoms with E-state index in [4.69, 9.17) is 27.2 Å². The molecule has 2 aromatic rings. The van der Waals surface area contributed by atoms with Crippen molar-refractivity contribution in [3.05, 3.63) is 58.5 Å². The predicted octanol–water partition coefficient (Wildman–Crippen LogP) is 2.96. The summed E-state index contributed by atoms with van der Waals surface area (Å²) in [5.74, 6) is -2.96. The number of carbonyl (C=O) groups is 3. The number of carbonyl (C=O) groups excluding carboxylic acids is 1. The summed E-state index contributed by atoms with van der Waals surface area (Å²) < 4.78 is 5.33. The van der Waals surface area contributed by atoms with Crippen LogP contribution < -0.4 is 9.64 Å². The Bertz CT molecular complexity index is 1060. The Kier molecular flexibility index (Phi) is 5.85. The molecule has 29 heavy (non-hydrogen) atoms. The molecule has 0 aromatic heterocycles. The number of aromatic carboxylic acids is 1. The van der Waals surface area contributed by atoms with Crippen molar-refractivity contribution in [2.24, 2.45) is 0 Å². The quantitative estimate of drug-likeness (QED) is 0.468. The second-order valence-corrected chi connectivity index (χ2v) is 7.45. The zero-order chi connectivity index (χ0) is 21.1. The molecule has 148 valence electrons. The van der Waals surface area contributed by atoms with Crippen molar-refractivity contribution < 1.29 is 34.4 Å². The molecule has 2 aromatic carbocycles. The lowest BCUT2D eigenvalue weighted by molar-refractivity contribution is -0.139. The summed E-state index contributed by atoms with van der Waals surface area (Å²) >= 11 is 6.30. The number of anilines is 1. The van der Waals surface area contributed by atoms with E-state index in [1.54, 1.807) is 30.3 Å². The van der Waals surface area contributed by atoms with Crippen molar-refractivity contribution in [2.75, 3.05) is 11.5 Å². The molecule has 0 spiro atoms. The van der Waals surface area contributed by atoms with Gasteiger partial charge in [-0.3, -0.25) is 9.69 Å². The minimum Gasteiger partial charge on any atom is -0.507 e. The van der Waals surface area contributed by atoms with Crippen molar-refractivity contribution in [3.63, 3.8) is 0 Å². The highest BCUT2D eigenvalue weighted by atomic mass is 32.2. The van der Waals surface area contributed by atoms with Crippen molar-refractivity contribution in [1.82, 2.24) is 0 Å². The Morgan fingerprint density at radius 2 is 1.93 bits per heavy atom. The van der Waals surface area contributed by atoms with Crippen LogP contribution in [0, 0.1) is 0 Å². The van der Waals surface area contributed by atoms with Crippen LogP contribution in [0.25, 0.3) is 6.08 Å². The monoisotopic (exact) mass is 431 g/mol. The molecule has 10 heteroatoms. The standard InChI is InChI=1S/C19H13NO7S2/c21-14-5-4-11(8-13(14)18(25)26)20-17(24)15(29-19(20)28)7-10-2-1-3-12(6-10)27-9-16(22)23/h1-8,21H,9H2,(H,22,23)(H,25,26)/b15-7-. The summed E-state index contributed by atoms with van der Waals surface area (Å²) in [5.41, 5.74) is 0.485. The van der Waals surface area contributed by atoms with E-state index in [0.717, 1.165) is 11.8 Å². The van der Waals surface area contributed by atoms with Crippen LogP contribution in [-0.4, -0.2) is 44.1 Å². The molecule has 0 unspecified atom stereocenters. The van der Waals surface area contributed by atoms with E-state index in [-0.39, 0.29) is 15.6 Å². The van der Waals surface area contributed by atoms with Crippen LogP contribution in [0.5, 0.6) is 11.5 Å². The van der Waals surface area contributed by atoms with E-state index in [1.165, 1.54) is 23.1 Å². The van der Waals surface area contributed by atoms with Crippen LogP contribution in [0.2, 0.25) is 0 Å². The lowest BCUT2D eigenvalue weighted by Crippen LogP contribution is -2.27. The van der Waals surface area contributed by atoms with Crippen LogP contribution >= 0.6 is 24.0 Å². The van der Waals surface area contributed by atoms with Gasteiger partial charge in [-0.05, 0) is 42.0 Å². The highest BCUT2D eigenvalue weighted by Gasteiger charge is 2.34. The molecule has 1 aliphatic heterocycles. The number of carboxylic acids is 2. The lowest BCUT2D eigenvalue weighted by Gasteiger charge is -2.15. The first-order valence-electron chi connectivity index (χ1n) is 8.05. The third kappa shape index (κ3) is 4.55. The summed E-state index contributed by atoms with van der Waals surface area (Å²) in [4.78, 5) is 36.1. The molecular formula is C19H13NO7S2. The minimum atomic E-state index is -1.33. The van der Waals surface area contributed by atoms with Gasteiger partial charge in [0.25, 0.3) is 5.91 Å². The van der Waals surface area contributed by atoms with Gasteiger partial charge in [-0.15, -0.1) is 0 Å². The van der Waals surface area contributed by atoms with Gasteiger partial charge in [0.2, 0.25) is 0 Å². The molecule has 0 aliphatic carbocycles. The first-order chi connectivity index (χ1) is 13.8. The topological polar surface area (TPSA) is 124 Å². The summed E-state index contributed by atoms with van der Waals surface area (Å²) in [5, 5.41) is 27.5. The summed E-state index contributed by atoms with van der Waals surface area (Å²) in [6.45, 7) is -0.488. The number of nitrogens with zero attached hydrogens (tertiary/aromatic N) is 1. The number of aliphatic carboxylic acids is 1. The first kappa shape index (κ1) is 20.4. The molecule has 0 saturated carbocycles. The fourth-order valence-corrected chi connectivity index (χ4v) is 3.81. The van der Waals surface area contributed by atoms with Gasteiger partial charge in [0.15, 0.2) is 10.9 Å². The number of phenols is 1. The van der Waals surface area contributed by atoms with Crippen LogP contribution in [0.1, 0.15) is 15.9 Å². The van der Waals surface area contributed by atoms with Crippen LogP contribution in [-0.2, 0) is 9.59 Å². The lowest BCUT2D eigenvalue weighted by atomic mass is 10.1. The van der Waals surface area contributed by atoms with E-state index in [9.17, 15) is 19.5 Å². The molecule has 1 amide bonds.